The lowest BCUT2D eigenvalue weighted by molar-refractivity contribution is -0.117. The molecule has 6 rings (SSSR count). The average molecular weight is 532 g/mol. The highest BCUT2D eigenvalue weighted by Crippen LogP contribution is 2.44. The van der Waals surface area contributed by atoms with Crippen LogP contribution in [-0.4, -0.2) is 23.9 Å². The zero-order valence-electron chi connectivity index (χ0n) is 21.8. The molecule has 0 spiro atoms. The third-order valence-corrected chi connectivity index (χ3v) is 6.93. The number of fused-ring (bicyclic) bond motifs is 1. The van der Waals surface area contributed by atoms with E-state index < -0.39 is 23.5 Å². The molecule has 2 heterocycles. The van der Waals surface area contributed by atoms with Gasteiger partial charge in [-0.05, 0) is 60.5 Å². The number of furan rings is 1. The summed E-state index contributed by atoms with van der Waals surface area (Å²) in [5.41, 5.74) is 2.30. The Labute approximate surface area is 230 Å². The van der Waals surface area contributed by atoms with E-state index in [-0.39, 0.29) is 11.3 Å². The Balaban J connectivity index is 1.48. The van der Waals surface area contributed by atoms with Crippen LogP contribution in [0.2, 0.25) is 0 Å². The highest BCUT2D eigenvalue weighted by Gasteiger charge is 2.46. The number of carbonyl (C=O) groups excluding carboxylic acids is 2. The van der Waals surface area contributed by atoms with Crippen LogP contribution in [0.1, 0.15) is 27.7 Å². The molecule has 1 aromatic heterocycles. The van der Waals surface area contributed by atoms with Gasteiger partial charge in [-0.15, -0.1) is 0 Å². The topological polar surface area (TPSA) is 89.2 Å². The Bertz CT molecular complexity index is 1790. The smallest absolute Gasteiger partial charge is 0.294 e. The second-order valence-corrected chi connectivity index (χ2v) is 9.43. The highest BCUT2D eigenvalue weighted by atomic mass is 16.5. The zero-order valence-corrected chi connectivity index (χ0v) is 21.8. The predicted octanol–water partition coefficient (Wildman–Crippen LogP) is 7.33. The molecule has 1 unspecified atom stereocenters. The van der Waals surface area contributed by atoms with Crippen LogP contribution in [0.5, 0.6) is 17.2 Å². The number of rotatable bonds is 7. The predicted molar refractivity (Wildman–Crippen MR) is 151 cm³/mol. The quantitative estimate of drug-likeness (QED) is 0.221. The number of hydrogen-bond acceptors (Lipinski definition) is 6. The summed E-state index contributed by atoms with van der Waals surface area (Å²) in [6.45, 7) is 1.87. The van der Waals surface area contributed by atoms with Gasteiger partial charge in [0.05, 0.1) is 18.7 Å². The molecule has 0 aliphatic carbocycles. The number of ketones is 1. The monoisotopic (exact) mass is 531 g/mol. The first-order valence-corrected chi connectivity index (χ1v) is 12.7. The van der Waals surface area contributed by atoms with Crippen molar-refractivity contribution in [2.75, 3.05) is 12.0 Å². The second kappa shape index (κ2) is 10.1. The number of nitrogens with zero attached hydrogens (tertiary/aromatic N) is 1. The van der Waals surface area contributed by atoms with Crippen molar-refractivity contribution in [3.8, 4) is 17.2 Å². The normalized spacial score (nSPS) is 15.1. The molecule has 1 aliphatic rings. The first kappa shape index (κ1) is 25.0. The van der Waals surface area contributed by atoms with E-state index >= 15 is 0 Å². The van der Waals surface area contributed by atoms with Crippen LogP contribution < -0.4 is 14.4 Å². The van der Waals surface area contributed by atoms with Crippen molar-refractivity contribution >= 4 is 28.3 Å². The van der Waals surface area contributed by atoms with Crippen LogP contribution >= 0.6 is 0 Å². The van der Waals surface area contributed by atoms with E-state index in [1.165, 1.54) is 12.0 Å². The fourth-order valence-electron chi connectivity index (χ4n) is 5.05. The summed E-state index contributed by atoms with van der Waals surface area (Å²) in [6.07, 6.45) is 0. The minimum atomic E-state index is -0.935. The molecule has 1 N–H and O–H groups in total. The van der Waals surface area contributed by atoms with Gasteiger partial charge in [0.15, 0.2) is 22.9 Å². The number of aryl methyl sites for hydroxylation is 1. The van der Waals surface area contributed by atoms with Crippen molar-refractivity contribution in [1.82, 2.24) is 0 Å². The van der Waals surface area contributed by atoms with Crippen molar-refractivity contribution in [3.05, 3.63) is 131 Å². The highest BCUT2D eigenvalue weighted by molar-refractivity contribution is 6.21. The van der Waals surface area contributed by atoms with E-state index in [1.54, 1.807) is 54.6 Å². The Morgan fingerprint density at radius 2 is 1.60 bits per heavy atom. The van der Waals surface area contributed by atoms with Crippen molar-refractivity contribution < 1.29 is 28.6 Å². The molecule has 1 aliphatic heterocycles. The van der Waals surface area contributed by atoms with Crippen molar-refractivity contribution in [2.24, 2.45) is 0 Å². The number of benzene rings is 4. The van der Waals surface area contributed by atoms with Crippen molar-refractivity contribution in [3.63, 3.8) is 0 Å². The summed E-state index contributed by atoms with van der Waals surface area (Å²) >= 11 is 0. The lowest BCUT2D eigenvalue weighted by Crippen LogP contribution is -2.31. The fourth-order valence-corrected chi connectivity index (χ4v) is 5.05. The maximum atomic E-state index is 14.0. The van der Waals surface area contributed by atoms with Crippen LogP contribution in [0, 0.1) is 6.92 Å². The minimum absolute atomic E-state index is 0.0119. The van der Waals surface area contributed by atoms with Gasteiger partial charge in [0.2, 0.25) is 5.78 Å². The van der Waals surface area contributed by atoms with E-state index in [4.69, 9.17) is 13.9 Å². The van der Waals surface area contributed by atoms with Gasteiger partial charge in [0, 0.05) is 11.1 Å². The summed E-state index contributed by atoms with van der Waals surface area (Å²) in [4.78, 5) is 29.1. The first-order chi connectivity index (χ1) is 19.5. The van der Waals surface area contributed by atoms with E-state index in [9.17, 15) is 14.7 Å². The summed E-state index contributed by atoms with van der Waals surface area (Å²) in [7, 11) is 1.52. The Morgan fingerprint density at radius 3 is 2.38 bits per heavy atom. The van der Waals surface area contributed by atoms with Gasteiger partial charge in [-0.1, -0.05) is 60.7 Å². The van der Waals surface area contributed by atoms with Crippen LogP contribution in [0.4, 0.5) is 5.69 Å². The molecule has 1 atom stereocenters. The summed E-state index contributed by atoms with van der Waals surface area (Å²) in [5.74, 6) is -0.273. The fraction of sp³-hybridized carbons (Fsp3) is 0.0909. The second-order valence-electron chi connectivity index (χ2n) is 9.43. The molecule has 7 nitrogen and oxygen atoms in total. The first-order valence-electron chi connectivity index (χ1n) is 12.7. The summed E-state index contributed by atoms with van der Waals surface area (Å²) in [5, 5.41) is 11.9. The lowest BCUT2D eigenvalue weighted by atomic mass is 9.94. The number of ether oxygens (including phenoxy) is 2. The molecule has 5 aromatic rings. The molecule has 198 valence electrons. The number of aliphatic hydroxyl groups is 1. The van der Waals surface area contributed by atoms with Gasteiger partial charge >= 0.3 is 0 Å². The molecule has 0 radical (unpaired) electrons. The molecule has 0 saturated heterocycles. The van der Waals surface area contributed by atoms with Crippen LogP contribution in [-0.2, 0) is 4.79 Å². The van der Waals surface area contributed by atoms with Gasteiger partial charge in [-0.3, -0.25) is 14.5 Å². The van der Waals surface area contributed by atoms with Gasteiger partial charge in [-0.25, -0.2) is 0 Å². The van der Waals surface area contributed by atoms with Gasteiger partial charge < -0.3 is 19.0 Å². The molecule has 0 saturated carbocycles. The van der Waals surface area contributed by atoms with E-state index in [0.717, 1.165) is 5.56 Å². The molecule has 0 fully saturated rings. The SMILES string of the molecule is COc1cccc2cc(C(=O)C3=C(O)C(=O)N(c4ccccc4C)C3c3cccc(Oc4ccccc4)c3)oc12. The zero-order chi connectivity index (χ0) is 27.8. The maximum absolute atomic E-state index is 14.0. The molecular formula is C33H25NO6. The number of methoxy groups -OCH3 is 1. The number of amides is 1. The molecule has 4 aromatic carbocycles. The number of aliphatic hydroxyl groups excluding tert-OH is 1. The average Bonchev–Trinajstić information content (AvgIpc) is 3.53. The Morgan fingerprint density at radius 1 is 0.875 bits per heavy atom. The largest absolute Gasteiger partial charge is 0.503 e. The van der Waals surface area contributed by atoms with E-state index in [1.807, 2.05) is 55.5 Å². The molecule has 7 heteroatoms. The van der Waals surface area contributed by atoms with Gasteiger partial charge in [0.1, 0.15) is 11.5 Å². The Kier molecular flexibility index (Phi) is 6.32. The lowest BCUT2D eigenvalue weighted by Gasteiger charge is -2.28. The minimum Gasteiger partial charge on any atom is -0.503 e. The van der Waals surface area contributed by atoms with Crippen LogP contribution in [0.3, 0.4) is 0 Å². The third-order valence-electron chi connectivity index (χ3n) is 6.93. The Hall–Kier alpha value is -5.30. The van der Waals surface area contributed by atoms with Gasteiger partial charge in [-0.2, -0.15) is 0 Å². The van der Waals surface area contributed by atoms with E-state index in [2.05, 4.69) is 0 Å². The number of anilines is 1. The van der Waals surface area contributed by atoms with Crippen molar-refractivity contribution in [2.45, 2.75) is 13.0 Å². The summed E-state index contributed by atoms with van der Waals surface area (Å²) in [6, 6.07) is 29.8. The van der Waals surface area contributed by atoms with Gasteiger partial charge in [0.25, 0.3) is 5.91 Å². The number of hydrogen-bond donors (Lipinski definition) is 1. The molecule has 1 amide bonds. The van der Waals surface area contributed by atoms with E-state index in [0.29, 0.717) is 39.5 Å². The third kappa shape index (κ3) is 4.27. The molecule has 0 bridgehead atoms. The maximum Gasteiger partial charge on any atom is 0.294 e. The standard InChI is InChI=1S/C33H25NO6/c1-20-10-6-7-16-25(20)34-29(21-11-8-15-24(18-21)39-23-13-4-3-5-14-23)28(31(36)33(34)37)30(35)27-19-22-12-9-17-26(38-2)32(22)40-27/h3-19,29,36H,1-2H3. The molecular weight excluding hydrogens is 506 g/mol. The van der Waals surface area contributed by atoms with Crippen molar-refractivity contribution in [1.29, 1.82) is 0 Å². The number of carbonyl (C=O) groups is 2. The number of Topliss-reactive ketones (excluding diaryl/α,β-unsaturated/α-hetero) is 1. The summed E-state index contributed by atoms with van der Waals surface area (Å²) < 4.78 is 17.4. The van der Waals surface area contributed by atoms with Crippen LogP contribution in [0.25, 0.3) is 11.0 Å². The molecule has 40 heavy (non-hydrogen) atoms. The van der Waals surface area contributed by atoms with Crippen LogP contribution in [0.15, 0.2) is 119 Å². The number of para-hydroxylation sites is 3.